The highest BCUT2D eigenvalue weighted by molar-refractivity contribution is 6.34. The van der Waals surface area contributed by atoms with Gasteiger partial charge in [-0.15, -0.1) is 0 Å². The van der Waals surface area contributed by atoms with Crippen molar-refractivity contribution >= 4 is 29.1 Å². The maximum Gasteiger partial charge on any atom is 0.255 e. The van der Waals surface area contributed by atoms with Crippen LogP contribution in [0.25, 0.3) is 0 Å². The van der Waals surface area contributed by atoms with E-state index in [1.807, 2.05) is 20.9 Å². The van der Waals surface area contributed by atoms with Crippen molar-refractivity contribution in [2.24, 2.45) is 5.92 Å². The molecule has 6 heteroatoms. The fourth-order valence-corrected chi connectivity index (χ4v) is 1.84. The second kappa shape index (κ2) is 8.00. The third-order valence-corrected chi connectivity index (χ3v) is 3.36. The molecule has 0 bridgehead atoms. The second-order valence-electron chi connectivity index (χ2n) is 5.17. The van der Waals surface area contributed by atoms with Gasteiger partial charge in [0.1, 0.15) is 0 Å². The first kappa shape index (κ1) is 17.5. The average molecular weight is 312 g/mol. The molecule has 2 amide bonds. The number of benzene rings is 1. The summed E-state index contributed by atoms with van der Waals surface area (Å²) < 4.78 is 0. The van der Waals surface area contributed by atoms with E-state index in [0.717, 1.165) is 0 Å². The lowest BCUT2D eigenvalue weighted by Crippen LogP contribution is -2.33. The van der Waals surface area contributed by atoms with Crippen LogP contribution in [0.4, 0.5) is 5.69 Å². The molecule has 0 aliphatic heterocycles. The summed E-state index contributed by atoms with van der Waals surface area (Å²) in [4.78, 5) is 25.6. The molecule has 0 aliphatic rings. The van der Waals surface area contributed by atoms with Gasteiger partial charge in [0.05, 0.1) is 10.6 Å². The molecule has 0 radical (unpaired) electrons. The number of likely N-dealkylation sites (N-methyl/N-ethyl adjacent to an activating group) is 2. The van der Waals surface area contributed by atoms with E-state index in [-0.39, 0.29) is 17.7 Å². The van der Waals surface area contributed by atoms with Crippen LogP contribution in [0.3, 0.4) is 0 Å². The third-order valence-electron chi connectivity index (χ3n) is 3.03. The summed E-state index contributed by atoms with van der Waals surface area (Å²) in [6, 6.07) is 4.92. The molecule has 1 rings (SSSR count). The van der Waals surface area contributed by atoms with Crippen molar-refractivity contribution < 1.29 is 9.59 Å². The van der Waals surface area contributed by atoms with Gasteiger partial charge in [0.2, 0.25) is 5.91 Å². The minimum atomic E-state index is -0.170. The molecule has 21 heavy (non-hydrogen) atoms. The molecule has 5 nitrogen and oxygen atoms in total. The molecule has 0 saturated carbocycles. The lowest BCUT2D eigenvalue weighted by Gasteiger charge is -2.18. The third kappa shape index (κ3) is 5.02. The number of carbonyl (C=O) groups excluding carboxylic acids is 2. The maximum atomic E-state index is 12.3. The summed E-state index contributed by atoms with van der Waals surface area (Å²) in [7, 11) is 3.54. The molecule has 1 aromatic rings. The zero-order valence-corrected chi connectivity index (χ0v) is 13.6. The van der Waals surface area contributed by atoms with E-state index in [1.54, 1.807) is 30.1 Å². The molecule has 1 aromatic carbocycles. The molecule has 0 aromatic heterocycles. The van der Waals surface area contributed by atoms with Gasteiger partial charge in [-0.2, -0.15) is 0 Å². The number of halogens is 1. The first-order valence-corrected chi connectivity index (χ1v) is 7.25. The highest BCUT2D eigenvalue weighted by atomic mass is 35.5. The van der Waals surface area contributed by atoms with Gasteiger partial charge in [0.15, 0.2) is 0 Å². The summed E-state index contributed by atoms with van der Waals surface area (Å²) in [5.74, 6) is -0.395. The van der Waals surface area contributed by atoms with Gasteiger partial charge < -0.3 is 15.5 Å². The molecule has 116 valence electrons. The molecule has 0 atom stereocenters. The fraction of sp³-hybridized carbons (Fsp3) is 0.467. The lowest BCUT2D eigenvalue weighted by molar-refractivity contribution is -0.118. The van der Waals surface area contributed by atoms with E-state index in [1.165, 1.54) is 0 Å². The monoisotopic (exact) mass is 311 g/mol. The number of nitrogens with zero attached hydrogens (tertiary/aromatic N) is 1. The summed E-state index contributed by atoms with van der Waals surface area (Å²) in [6.07, 6.45) is 0. The van der Waals surface area contributed by atoms with Crippen LogP contribution < -0.4 is 10.6 Å². The van der Waals surface area contributed by atoms with Gasteiger partial charge >= 0.3 is 0 Å². The lowest BCUT2D eigenvalue weighted by atomic mass is 10.1. The molecule has 2 N–H and O–H groups in total. The van der Waals surface area contributed by atoms with Crippen LogP contribution in [0.15, 0.2) is 18.2 Å². The molecule has 0 spiro atoms. The van der Waals surface area contributed by atoms with Gasteiger partial charge in [0.25, 0.3) is 5.91 Å². The van der Waals surface area contributed by atoms with Crippen LogP contribution in [0, 0.1) is 5.92 Å². The second-order valence-corrected chi connectivity index (χ2v) is 5.58. The summed E-state index contributed by atoms with van der Waals surface area (Å²) in [6.45, 7) is 4.89. The molecule has 0 heterocycles. The van der Waals surface area contributed by atoms with E-state index in [0.29, 0.717) is 29.4 Å². The SMILES string of the molecule is CNCCN(C)C(=O)c1cc(NC(=O)C(C)C)ccc1Cl. The summed E-state index contributed by atoms with van der Waals surface area (Å²) >= 11 is 6.09. The molecule has 0 fully saturated rings. The van der Waals surface area contributed by atoms with Crippen molar-refractivity contribution in [3.8, 4) is 0 Å². The largest absolute Gasteiger partial charge is 0.340 e. The Morgan fingerprint density at radius 2 is 2.00 bits per heavy atom. The van der Waals surface area contributed by atoms with E-state index in [9.17, 15) is 9.59 Å². The number of carbonyl (C=O) groups is 2. The molecular formula is C15H22ClN3O2. The Balaban J connectivity index is 2.91. The number of nitrogens with one attached hydrogen (secondary N) is 2. The Hall–Kier alpha value is -1.59. The van der Waals surface area contributed by atoms with Gasteiger partial charge in [-0.25, -0.2) is 0 Å². The topological polar surface area (TPSA) is 61.4 Å². The first-order chi connectivity index (χ1) is 9.86. The number of anilines is 1. The zero-order valence-electron chi connectivity index (χ0n) is 12.9. The molecule has 0 unspecified atom stereocenters. The van der Waals surface area contributed by atoms with Gasteiger partial charge in [-0.3, -0.25) is 9.59 Å². The van der Waals surface area contributed by atoms with Crippen molar-refractivity contribution in [3.05, 3.63) is 28.8 Å². The Morgan fingerprint density at radius 3 is 2.57 bits per heavy atom. The van der Waals surface area contributed by atoms with E-state index >= 15 is 0 Å². The van der Waals surface area contributed by atoms with Crippen LogP contribution in [-0.2, 0) is 4.79 Å². The van der Waals surface area contributed by atoms with Crippen LogP contribution in [0.5, 0.6) is 0 Å². The number of hydrogen-bond acceptors (Lipinski definition) is 3. The fourth-order valence-electron chi connectivity index (χ4n) is 1.64. The Morgan fingerprint density at radius 1 is 1.33 bits per heavy atom. The van der Waals surface area contributed by atoms with Crippen molar-refractivity contribution in [3.63, 3.8) is 0 Å². The zero-order chi connectivity index (χ0) is 16.0. The van der Waals surface area contributed by atoms with Crippen molar-refractivity contribution in [2.45, 2.75) is 13.8 Å². The molecule has 0 saturated heterocycles. The van der Waals surface area contributed by atoms with Gasteiger partial charge in [-0.1, -0.05) is 25.4 Å². The first-order valence-electron chi connectivity index (χ1n) is 6.87. The van der Waals surface area contributed by atoms with E-state index in [4.69, 9.17) is 11.6 Å². The molecular weight excluding hydrogens is 290 g/mol. The summed E-state index contributed by atoms with van der Waals surface area (Å²) in [5.41, 5.74) is 0.959. The van der Waals surface area contributed by atoms with Crippen molar-refractivity contribution in [2.75, 3.05) is 32.5 Å². The minimum absolute atomic E-state index is 0.0979. The van der Waals surface area contributed by atoms with Crippen LogP contribution >= 0.6 is 11.6 Å². The number of rotatable bonds is 6. The Labute approximate surface area is 130 Å². The average Bonchev–Trinajstić information content (AvgIpc) is 2.45. The highest BCUT2D eigenvalue weighted by Gasteiger charge is 2.16. The molecule has 0 aliphatic carbocycles. The number of amides is 2. The predicted molar refractivity (Wildman–Crippen MR) is 85.8 cm³/mol. The maximum absolute atomic E-state index is 12.3. The van der Waals surface area contributed by atoms with Crippen molar-refractivity contribution in [1.82, 2.24) is 10.2 Å². The van der Waals surface area contributed by atoms with E-state index in [2.05, 4.69) is 10.6 Å². The highest BCUT2D eigenvalue weighted by Crippen LogP contribution is 2.22. The standard InChI is InChI=1S/C15H22ClN3O2/c1-10(2)14(20)18-11-5-6-13(16)12(9-11)15(21)19(4)8-7-17-3/h5-6,9-10,17H,7-8H2,1-4H3,(H,18,20). The number of hydrogen-bond donors (Lipinski definition) is 2. The van der Waals surface area contributed by atoms with Crippen LogP contribution in [0.1, 0.15) is 24.2 Å². The smallest absolute Gasteiger partial charge is 0.255 e. The van der Waals surface area contributed by atoms with Crippen LogP contribution in [0.2, 0.25) is 5.02 Å². The Kier molecular flexibility index (Phi) is 6.65. The van der Waals surface area contributed by atoms with E-state index < -0.39 is 0 Å². The summed E-state index contributed by atoms with van der Waals surface area (Å²) in [5, 5.41) is 6.12. The Bertz CT molecular complexity index is 518. The predicted octanol–water partition coefficient (Wildman–Crippen LogP) is 2.23. The minimum Gasteiger partial charge on any atom is -0.340 e. The van der Waals surface area contributed by atoms with Gasteiger partial charge in [-0.05, 0) is 25.2 Å². The van der Waals surface area contributed by atoms with Crippen molar-refractivity contribution in [1.29, 1.82) is 0 Å². The quantitative estimate of drug-likeness (QED) is 0.847. The van der Waals surface area contributed by atoms with Gasteiger partial charge in [0, 0.05) is 31.7 Å². The van der Waals surface area contributed by atoms with Crippen LogP contribution in [-0.4, -0.2) is 43.9 Å². The normalized spacial score (nSPS) is 10.6.